The number of carboxylic acids is 1. The monoisotopic (exact) mass is 266 g/mol. The minimum absolute atomic E-state index is 0.344. The number of amides is 1. The lowest BCUT2D eigenvalue weighted by Crippen LogP contribution is -2.36. The second-order valence-corrected chi connectivity index (χ2v) is 3.47. The van der Waals surface area contributed by atoms with Crippen molar-refractivity contribution in [3.05, 3.63) is 11.9 Å². The molecule has 0 aromatic carbocycles. The Bertz CT molecular complexity index is 457. The number of aliphatic carboxylic acids is 1. The Labute approximate surface area is 98.8 Å². The summed E-state index contributed by atoms with van der Waals surface area (Å²) < 4.78 is 37.0. The average Bonchev–Trinajstić information content (AvgIpc) is 2.61. The van der Waals surface area contributed by atoms with Gasteiger partial charge in [-0.15, -0.1) is 5.10 Å². The Kier molecular flexibility index (Phi) is 3.89. The Morgan fingerprint density at radius 2 is 2.11 bits per heavy atom. The summed E-state index contributed by atoms with van der Waals surface area (Å²) in [6.07, 6.45) is -3.54. The summed E-state index contributed by atoms with van der Waals surface area (Å²) in [5.74, 6) is -2.19. The van der Waals surface area contributed by atoms with E-state index in [1.807, 2.05) is 0 Å². The Morgan fingerprint density at radius 1 is 1.50 bits per heavy atom. The van der Waals surface area contributed by atoms with Crippen molar-refractivity contribution in [1.82, 2.24) is 19.9 Å². The largest absolute Gasteiger partial charge is 0.480 e. The number of alkyl halides is 3. The van der Waals surface area contributed by atoms with Crippen molar-refractivity contribution >= 4 is 11.9 Å². The van der Waals surface area contributed by atoms with Crippen molar-refractivity contribution in [1.29, 1.82) is 0 Å². The highest BCUT2D eigenvalue weighted by Crippen LogP contribution is 2.16. The molecule has 18 heavy (non-hydrogen) atoms. The van der Waals surface area contributed by atoms with Gasteiger partial charge in [-0.3, -0.25) is 9.59 Å². The molecule has 0 bridgehead atoms. The van der Waals surface area contributed by atoms with E-state index in [9.17, 15) is 22.8 Å². The fraction of sp³-hybridized carbons (Fsp3) is 0.500. The summed E-state index contributed by atoms with van der Waals surface area (Å²) >= 11 is 0. The first kappa shape index (κ1) is 13.9. The summed E-state index contributed by atoms with van der Waals surface area (Å²) in [7, 11) is 0.964. The summed E-state index contributed by atoms with van der Waals surface area (Å²) in [6.45, 7) is -1.94. The van der Waals surface area contributed by atoms with Gasteiger partial charge in [0.05, 0.1) is 6.20 Å². The van der Waals surface area contributed by atoms with Crippen molar-refractivity contribution in [3.63, 3.8) is 0 Å². The molecule has 0 saturated heterocycles. The number of aromatic nitrogens is 3. The van der Waals surface area contributed by atoms with Gasteiger partial charge in [0, 0.05) is 7.05 Å². The van der Waals surface area contributed by atoms with Gasteiger partial charge in [0.25, 0.3) is 5.91 Å². The van der Waals surface area contributed by atoms with Gasteiger partial charge in [-0.25, -0.2) is 4.68 Å². The van der Waals surface area contributed by atoms with Crippen LogP contribution in [0.3, 0.4) is 0 Å². The maximum absolute atomic E-state index is 12.0. The van der Waals surface area contributed by atoms with Gasteiger partial charge < -0.3 is 10.0 Å². The highest BCUT2D eigenvalue weighted by atomic mass is 19.4. The van der Waals surface area contributed by atoms with Crippen molar-refractivity contribution < 1.29 is 27.9 Å². The molecule has 0 spiro atoms. The van der Waals surface area contributed by atoms with Crippen molar-refractivity contribution in [2.75, 3.05) is 13.6 Å². The predicted molar refractivity (Wildman–Crippen MR) is 50.7 cm³/mol. The van der Waals surface area contributed by atoms with Crippen LogP contribution in [0.15, 0.2) is 6.20 Å². The van der Waals surface area contributed by atoms with Crippen LogP contribution in [-0.2, 0) is 11.3 Å². The highest BCUT2D eigenvalue weighted by molar-refractivity contribution is 5.91. The summed E-state index contributed by atoms with van der Waals surface area (Å²) in [5, 5.41) is 15.1. The Hall–Kier alpha value is -2.13. The topological polar surface area (TPSA) is 88.3 Å². The molecule has 1 amide bonds. The number of carbonyl (C=O) groups is 2. The molecule has 0 atom stereocenters. The van der Waals surface area contributed by atoms with E-state index in [0.29, 0.717) is 4.90 Å². The lowest BCUT2D eigenvalue weighted by atomic mass is 10.4. The van der Waals surface area contributed by atoms with Crippen LogP contribution < -0.4 is 0 Å². The number of hydrogen-bond donors (Lipinski definition) is 1. The zero-order chi connectivity index (χ0) is 13.9. The Morgan fingerprint density at radius 3 is 2.61 bits per heavy atom. The second-order valence-electron chi connectivity index (χ2n) is 3.47. The van der Waals surface area contributed by atoms with Crippen LogP contribution in [0.5, 0.6) is 0 Å². The summed E-state index contributed by atoms with van der Waals surface area (Å²) in [5.41, 5.74) is -0.344. The third kappa shape index (κ3) is 4.03. The van der Waals surface area contributed by atoms with Crippen LogP contribution in [0, 0.1) is 0 Å². The second kappa shape index (κ2) is 5.02. The molecule has 0 fully saturated rings. The fourth-order valence-electron chi connectivity index (χ4n) is 1.15. The third-order valence-electron chi connectivity index (χ3n) is 1.82. The van der Waals surface area contributed by atoms with E-state index >= 15 is 0 Å². The molecule has 0 aliphatic rings. The molecule has 0 radical (unpaired) electrons. The number of rotatable bonds is 4. The molecule has 1 aromatic rings. The first-order valence-electron chi connectivity index (χ1n) is 4.63. The van der Waals surface area contributed by atoms with E-state index in [1.54, 1.807) is 0 Å². The van der Waals surface area contributed by atoms with Gasteiger partial charge in [-0.05, 0) is 0 Å². The number of nitrogens with zero attached hydrogens (tertiary/aromatic N) is 4. The average molecular weight is 266 g/mol. The predicted octanol–water partition coefficient (Wildman–Crippen LogP) is -0.00300. The van der Waals surface area contributed by atoms with Gasteiger partial charge >= 0.3 is 12.1 Å². The number of carboxylic acid groups (broad SMARTS) is 1. The minimum atomic E-state index is -4.51. The molecule has 100 valence electrons. The fourth-order valence-corrected chi connectivity index (χ4v) is 1.15. The highest BCUT2D eigenvalue weighted by Gasteiger charge is 2.32. The number of hydrogen-bond acceptors (Lipinski definition) is 4. The molecule has 1 rings (SSSR count). The van der Waals surface area contributed by atoms with E-state index in [2.05, 4.69) is 10.3 Å². The Balaban J connectivity index is 2.72. The van der Waals surface area contributed by atoms with Crippen LogP contribution >= 0.6 is 0 Å². The van der Waals surface area contributed by atoms with E-state index in [1.165, 1.54) is 0 Å². The molecule has 7 nitrogen and oxygen atoms in total. The van der Waals surface area contributed by atoms with Crippen LogP contribution in [-0.4, -0.2) is 56.6 Å². The van der Waals surface area contributed by atoms with E-state index < -0.39 is 31.1 Å². The van der Waals surface area contributed by atoms with Crippen LogP contribution in [0.4, 0.5) is 13.2 Å². The van der Waals surface area contributed by atoms with Gasteiger partial charge in [0.2, 0.25) is 0 Å². The zero-order valence-corrected chi connectivity index (χ0v) is 9.18. The summed E-state index contributed by atoms with van der Waals surface area (Å²) in [6, 6.07) is 0. The van der Waals surface area contributed by atoms with Crippen LogP contribution in [0.25, 0.3) is 0 Å². The lowest BCUT2D eigenvalue weighted by molar-refractivity contribution is -0.139. The van der Waals surface area contributed by atoms with Gasteiger partial charge in [0.1, 0.15) is 13.1 Å². The van der Waals surface area contributed by atoms with Crippen LogP contribution in [0.2, 0.25) is 0 Å². The molecule has 0 aliphatic heterocycles. The first-order valence-corrected chi connectivity index (χ1v) is 4.63. The van der Waals surface area contributed by atoms with Crippen molar-refractivity contribution in [2.45, 2.75) is 12.7 Å². The molecular weight excluding hydrogens is 257 g/mol. The molecule has 10 heteroatoms. The molecule has 0 saturated carbocycles. The molecule has 1 aromatic heterocycles. The SMILES string of the molecule is CN(CC(F)(F)F)C(=O)c1cn(CC(=O)O)nn1. The van der Waals surface area contributed by atoms with E-state index in [0.717, 1.165) is 17.9 Å². The van der Waals surface area contributed by atoms with Crippen molar-refractivity contribution in [2.24, 2.45) is 0 Å². The standard InChI is InChI=1S/C8H9F3N4O3/c1-14(4-8(9,10)11)7(18)5-2-15(13-12-5)3-6(16)17/h2H,3-4H2,1H3,(H,16,17). The first-order chi connectivity index (χ1) is 8.19. The molecule has 0 unspecified atom stereocenters. The normalized spacial score (nSPS) is 11.3. The molecule has 0 aliphatic carbocycles. The maximum Gasteiger partial charge on any atom is 0.406 e. The molecule has 1 heterocycles. The minimum Gasteiger partial charge on any atom is -0.480 e. The maximum atomic E-state index is 12.0. The third-order valence-corrected chi connectivity index (χ3v) is 1.82. The van der Waals surface area contributed by atoms with Gasteiger partial charge in [-0.2, -0.15) is 13.2 Å². The quantitative estimate of drug-likeness (QED) is 0.828. The van der Waals surface area contributed by atoms with Crippen molar-refractivity contribution in [3.8, 4) is 0 Å². The van der Waals surface area contributed by atoms with E-state index in [-0.39, 0.29) is 5.69 Å². The lowest BCUT2D eigenvalue weighted by Gasteiger charge is -2.17. The molecule has 1 N–H and O–H groups in total. The van der Waals surface area contributed by atoms with Gasteiger partial charge in [-0.1, -0.05) is 5.21 Å². The smallest absolute Gasteiger partial charge is 0.406 e. The number of carbonyl (C=O) groups excluding carboxylic acids is 1. The van der Waals surface area contributed by atoms with Crippen LogP contribution in [0.1, 0.15) is 10.5 Å². The number of halogens is 3. The zero-order valence-electron chi connectivity index (χ0n) is 9.18. The molecular formula is C8H9F3N4O3. The van der Waals surface area contributed by atoms with Gasteiger partial charge in [0.15, 0.2) is 5.69 Å². The summed E-state index contributed by atoms with van der Waals surface area (Å²) in [4.78, 5) is 22.2. The van der Waals surface area contributed by atoms with E-state index in [4.69, 9.17) is 5.11 Å².